The lowest BCUT2D eigenvalue weighted by Gasteiger charge is -2.14. The number of aromatic amines is 1. The molecule has 4 nitrogen and oxygen atoms in total. The molecule has 2 aromatic rings. The predicted octanol–water partition coefficient (Wildman–Crippen LogP) is 2.71. The van der Waals surface area contributed by atoms with Crippen LogP contribution in [0.2, 0.25) is 5.02 Å². The summed E-state index contributed by atoms with van der Waals surface area (Å²) in [5.41, 5.74) is 1.35. The first-order valence-corrected chi connectivity index (χ1v) is 6.71. The number of halogens is 1. The quantitative estimate of drug-likeness (QED) is 0.788. The number of hydrogen-bond acceptors (Lipinski definition) is 2. The molecular formula is C14H17ClN2O2. The molecule has 1 unspecified atom stereocenters. The van der Waals surface area contributed by atoms with E-state index in [1.807, 2.05) is 13.0 Å². The van der Waals surface area contributed by atoms with Crippen LogP contribution in [0.1, 0.15) is 30.3 Å². The van der Waals surface area contributed by atoms with Crippen molar-refractivity contribution in [3.05, 3.63) is 35.0 Å². The third-order valence-corrected chi connectivity index (χ3v) is 3.37. The van der Waals surface area contributed by atoms with Gasteiger partial charge in [0.1, 0.15) is 5.69 Å². The number of aliphatic hydroxyl groups excluding tert-OH is 1. The summed E-state index contributed by atoms with van der Waals surface area (Å²) in [6.07, 6.45) is 1.35. The van der Waals surface area contributed by atoms with Crippen LogP contribution < -0.4 is 5.32 Å². The number of benzene rings is 1. The number of aromatic nitrogens is 1. The first-order valence-electron chi connectivity index (χ1n) is 6.34. The van der Waals surface area contributed by atoms with Crippen molar-refractivity contribution in [2.45, 2.75) is 25.8 Å². The molecule has 0 fully saturated rings. The number of fused-ring (bicyclic) bond motifs is 1. The second kappa shape index (κ2) is 6.08. The highest BCUT2D eigenvalue weighted by molar-refractivity contribution is 6.31. The van der Waals surface area contributed by atoms with E-state index in [4.69, 9.17) is 16.7 Å². The molecule has 1 heterocycles. The number of H-pyrrole nitrogens is 1. The average Bonchev–Trinajstić information content (AvgIpc) is 2.81. The van der Waals surface area contributed by atoms with E-state index >= 15 is 0 Å². The largest absolute Gasteiger partial charge is 0.396 e. The van der Waals surface area contributed by atoms with Crippen molar-refractivity contribution in [3.8, 4) is 0 Å². The molecule has 3 N–H and O–H groups in total. The van der Waals surface area contributed by atoms with E-state index in [1.165, 1.54) is 0 Å². The smallest absolute Gasteiger partial charge is 0.267 e. The zero-order chi connectivity index (χ0) is 13.8. The van der Waals surface area contributed by atoms with E-state index in [-0.39, 0.29) is 18.6 Å². The number of hydrogen-bond donors (Lipinski definition) is 3. The first-order chi connectivity index (χ1) is 9.13. The van der Waals surface area contributed by atoms with Crippen LogP contribution >= 0.6 is 11.6 Å². The van der Waals surface area contributed by atoms with Crippen LogP contribution in [0.5, 0.6) is 0 Å². The van der Waals surface area contributed by atoms with Gasteiger partial charge in [0.25, 0.3) is 5.91 Å². The Labute approximate surface area is 116 Å². The molecule has 0 aliphatic carbocycles. The number of aliphatic hydroxyl groups is 1. The summed E-state index contributed by atoms with van der Waals surface area (Å²) >= 11 is 5.91. The third-order valence-electron chi connectivity index (χ3n) is 3.13. The molecule has 0 spiro atoms. The van der Waals surface area contributed by atoms with Gasteiger partial charge in [0.15, 0.2) is 0 Å². The Kier molecular flexibility index (Phi) is 4.45. The summed E-state index contributed by atoms with van der Waals surface area (Å²) in [4.78, 5) is 15.1. The van der Waals surface area contributed by atoms with Gasteiger partial charge in [-0.3, -0.25) is 4.79 Å². The summed E-state index contributed by atoms with van der Waals surface area (Å²) < 4.78 is 0. The van der Waals surface area contributed by atoms with Gasteiger partial charge in [-0.15, -0.1) is 0 Å². The fraction of sp³-hybridized carbons (Fsp3) is 0.357. The molecule has 2 rings (SSSR count). The standard InChI is InChI=1S/C14H17ClN2O2/c1-2-11(5-6-18)16-14(19)13-7-9-3-4-10(15)8-12(9)17-13/h3-4,7-8,11,17-18H,2,5-6H2,1H3,(H,16,19). The predicted molar refractivity (Wildman–Crippen MR) is 76.6 cm³/mol. The molecule has 1 amide bonds. The van der Waals surface area contributed by atoms with Crippen molar-refractivity contribution in [1.82, 2.24) is 10.3 Å². The third kappa shape index (κ3) is 3.28. The van der Waals surface area contributed by atoms with Gasteiger partial charge < -0.3 is 15.4 Å². The van der Waals surface area contributed by atoms with E-state index in [1.54, 1.807) is 18.2 Å². The van der Waals surface area contributed by atoms with Crippen molar-refractivity contribution in [1.29, 1.82) is 0 Å². The second-order valence-electron chi connectivity index (χ2n) is 4.51. The Bertz CT molecular complexity index is 580. The Morgan fingerprint density at radius 3 is 2.95 bits per heavy atom. The Morgan fingerprint density at radius 2 is 2.26 bits per heavy atom. The van der Waals surface area contributed by atoms with Gasteiger partial charge in [0.2, 0.25) is 0 Å². The van der Waals surface area contributed by atoms with E-state index < -0.39 is 0 Å². The van der Waals surface area contributed by atoms with E-state index in [2.05, 4.69) is 10.3 Å². The SMILES string of the molecule is CCC(CCO)NC(=O)c1cc2ccc(Cl)cc2[nH]1. The summed E-state index contributed by atoms with van der Waals surface area (Å²) in [6.45, 7) is 2.05. The van der Waals surface area contributed by atoms with Crippen LogP contribution in [0, 0.1) is 0 Å². The molecule has 0 saturated carbocycles. The van der Waals surface area contributed by atoms with Crippen LogP contribution in [0.25, 0.3) is 10.9 Å². The van der Waals surface area contributed by atoms with Crippen molar-refractivity contribution >= 4 is 28.4 Å². The van der Waals surface area contributed by atoms with Gasteiger partial charge in [-0.1, -0.05) is 24.6 Å². The molecule has 19 heavy (non-hydrogen) atoms. The number of amides is 1. The maximum Gasteiger partial charge on any atom is 0.267 e. The maximum absolute atomic E-state index is 12.1. The van der Waals surface area contributed by atoms with Gasteiger partial charge >= 0.3 is 0 Å². The van der Waals surface area contributed by atoms with Crippen molar-refractivity contribution in [2.75, 3.05) is 6.61 Å². The molecule has 0 saturated heterocycles. The minimum atomic E-state index is -0.160. The lowest BCUT2D eigenvalue weighted by Crippen LogP contribution is -2.35. The van der Waals surface area contributed by atoms with Crippen LogP contribution in [-0.2, 0) is 0 Å². The highest BCUT2D eigenvalue weighted by atomic mass is 35.5. The Hall–Kier alpha value is -1.52. The molecule has 5 heteroatoms. The molecule has 102 valence electrons. The van der Waals surface area contributed by atoms with E-state index in [0.717, 1.165) is 17.3 Å². The van der Waals surface area contributed by atoms with Gasteiger partial charge in [0.05, 0.1) is 0 Å². The zero-order valence-electron chi connectivity index (χ0n) is 10.7. The summed E-state index contributed by atoms with van der Waals surface area (Å²) in [6, 6.07) is 7.24. The molecular weight excluding hydrogens is 264 g/mol. The molecule has 0 radical (unpaired) electrons. The van der Waals surface area contributed by atoms with Gasteiger partial charge in [-0.05, 0) is 31.0 Å². The molecule has 1 atom stereocenters. The van der Waals surface area contributed by atoms with Crippen LogP contribution in [0.3, 0.4) is 0 Å². The molecule has 1 aromatic carbocycles. The van der Waals surface area contributed by atoms with Crippen LogP contribution in [0.15, 0.2) is 24.3 Å². The monoisotopic (exact) mass is 280 g/mol. The van der Waals surface area contributed by atoms with E-state index in [0.29, 0.717) is 17.1 Å². The Balaban J connectivity index is 2.17. The molecule has 0 aliphatic heterocycles. The molecule has 0 bridgehead atoms. The number of carbonyl (C=O) groups is 1. The molecule has 1 aromatic heterocycles. The van der Waals surface area contributed by atoms with Crippen LogP contribution in [-0.4, -0.2) is 28.6 Å². The van der Waals surface area contributed by atoms with Gasteiger partial charge in [-0.25, -0.2) is 0 Å². The zero-order valence-corrected chi connectivity index (χ0v) is 11.5. The fourth-order valence-corrected chi connectivity index (χ4v) is 2.19. The second-order valence-corrected chi connectivity index (χ2v) is 4.94. The summed E-state index contributed by atoms with van der Waals surface area (Å²) in [7, 11) is 0. The van der Waals surface area contributed by atoms with Gasteiger partial charge in [0, 0.05) is 28.6 Å². The number of carbonyl (C=O) groups excluding carboxylic acids is 1. The summed E-state index contributed by atoms with van der Waals surface area (Å²) in [5.74, 6) is -0.160. The average molecular weight is 281 g/mol. The lowest BCUT2D eigenvalue weighted by molar-refractivity contribution is 0.0925. The highest BCUT2D eigenvalue weighted by Gasteiger charge is 2.13. The maximum atomic E-state index is 12.1. The topological polar surface area (TPSA) is 65.1 Å². The van der Waals surface area contributed by atoms with E-state index in [9.17, 15) is 4.79 Å². The van der Waals surface area contributed by atoms with Crippen molar-refractivity contribution in [2.24, 2.45) is 0 Å². The summed E-state index contributed by atoms with van der Waals surface area (Å²) in [5, 5.41) is 13.4. The van der Waals surface area contributed by atoms with Crippen molar-refractivity contribution < 1.29 is 9.90 Å². The lowest BCUT2D eigenvalue weighted by atomic mass is 10.1. The van der Waals surface area contributed by atoms with Gasteiger partial charge in [-0.2, -0.15) is 0 Å². The number of rotatable bonds is 5. The van der Waals surface area contributed by atoms with Crippen molar-refractivity contribution in [3.63, 3.8) is 0 Å². The first kappa shape index (κ1) is 13.9. The van der Waals surface area contributed by atoms with Crippen LogP contribution in [0.4, 0.5) is 0 Å². The fourth-order valence-electron chi connectivity index (χ4n) is 2.02. The normalized spacial score (nSPS) is 12.6. The highest BCUT2D eigenvalue weighted by Crippen LogP contribution is 2.20. The number of nitrogens with one attached hydrogen (secondary N) is 2. The molecule has 0 aliphatic rings. The minimum Gasteiger partial charge on any atom is -0.396 e. The minimum absolute atomic E-state index is 0.00694. The Morgan fingerprint density at radius 1 is 1.47 bits per heavy atom.